The number of nitrogens with zero attached hydrogens (tertiary/aromatic N) is 2. The maximum atomic E-state index is 10.3. The van der Waals surface area contributed by atoms with Crippen molar-refractivity contribution in [1.29, 1.82) is 0 Å². The molecule has 0 aliphatic carbocycles. The Morgan fingerprint density at radius 2 is 1.55 bits per heavy atom. The number of aryl methyl sites for hydroxylation is 2. The minimum atomic E-state index is -1.18. The number of hydrogen-bond acceptors (Lipinski definition) is 6. The first kappa shape index (κ1) is 23.5. The summed E-state index contributed by atoms with van der Waals surface area (Å²) in [5.41, 5.74) is 1.47. The second kappa shape index (κ2) is 11.8. The zero-order valence-electron chi connectivity index (χ0n) is 13.0. The van der Waals surface area contributed by atoms with Crippen LogP contribution in [0.4, 0.5) is 0 Å². The summed E-state index contributed by atoms with van der Waals surface area (Å²) in [7, 11) is 0. The molecule has 2 aromatic rings. The predicted octanol–water partition coefficient (Wildman–Crippen LogP) is -6.48. The van der Waals surface area contributed by atoms with Crippen molar-refractivity contribution >= 4 is 11.9 Å². The summed E-state index contributed by atoms with van der Waals surface area (Å²) < 4.78 is 0. The summed E-state index contributed by atoms with van der Waals surface area (Å²) >= 11 is 0. The van der Waals surface area contributed by atoms with Crippen LogP contribution in [0.25, 0.3) is 0 Å². The van der Waals surface area contributed by atoms with Gasteiger partial charge in [-0.3, -0.25) is 9.97 Å². The van der Waals surface area contributed by atoms with Gasteiger partial charge in [0.2, 0.25) is 0 Å². The molecule has 0 N–H and O–H groups in total. The van der Waals surface area contributed by atoms with Crippen LogP contribution >= 0.6 is 0 Å². The molecule has 2 rings (SSSR count). The molecule has 6 nitrogen and oxygen atoms in total. The monoisotopic (exact) mass is 318 g/mol. The molecule has 0 spiro atoms. The van der Waals surface area contributed by atoms with Crippen molar-refractivity contribution in [2.45, 2.75) is 13.8 Å². The average molecular weight is 318 g/mol. The maximum absolute atomic E-state index is 10.3. The molecule has 0 fully saturated rings. The standard InChI is InChI=1S/2C7H7NO2.2Na/c1-5-2-3-8-4-6(5)7(9)10;1-5-6(7(9)10)3-2-4-8-5;;/h2*2-4H,1H3,(H,9,10);;/q;;2*+1/p-2. The third-order valence-electron chi connectivity index (χ3n) is 2.49. The molecule has 0 aliphatic heterocycles. The van der Waals surface area contributed by atoms with Gasteiger partial charge in [-0.25, -0.2) is 0 Å². The number of carboxylic acids is 2. The first-order chi connectivity index (χ1) is 9.43. The van der Waals surface area contributed by atoms with Crippen molar-refractivity contribution < 1.29 is 78.9 Å². The third-order valence-corrected chi connectivity index (χ3v) is 2.49. The molecule has 2 heterocycles. The van der Waals surface area contributed by atoms with E-state index in [2.05, 4.69) is 9.97 Å². The zero-order valence-corrected chi connectivity index (χ0v) is 17.0. The number of carbonyl (C=O) groups excluding carboxylic acids is 2. The number of hydrogen-bond donors (Lipinski definition) is 0. The second-order valence-electron chi connectivity index (χ2n) is 3.90. The van der Waals surface area contributed by atoms with Crippen LogP contribution in [-0.2, 0) is 0 Å². The van der Waals surface area contributed by atoms with E-state index in [0.717, 1.165) is 0 Å². The van der Waals surface area contributed by atoms with Crippen LogP contribution in [0.3, 0.4) is 0 Å². The van der Waals surface area contributed by atoms with Gasteiger partial charge in [-0.2, -0.15) is 0 Å². The minimum absolute atomic E-state index is 0. The topological polar surface area (TPSA) is 106 Å². The molecule has 0 saturated heterocycles. The number of pyridine rings is 2. The average Bonchev–Trinajstić information content (AvgIpc) is 2.40. The Bertz CT molecular complexity index is 580. The minimum Gasteiger partial charge on any atom is -0.545 e. The van der Waals surface area contributed by atoms with Crippen molar-refractivity contribution in [1.82, 2.24) is 9.97 Å². The molecule has 104 valence electrons. The van der Waals surface area contributed by atoms with Crippen molar-refractivity contribution in [3.63, 3.8) is 0 Å². The van der Waals surface area contributed by atoms with Gasteiger partial charge in [0, 0.05) is 35.4 Å². The zero-order chi connectivity index (χ0) is 15.1. The van der Waals surface area contributed by atoms with Crippen molar-refractivity contribution in [2.75, 3.05) is 0 Å². The summed E-state index contributed by atoms with van der Waals surface area (Å²) in [6.07, 6.45) is 4.37. The molecule has 22 heavy (non-hydrogen) atoms. The molecule has 0 unspecified atom stereocenters. The van der Waals surface area contributed by atoms with E-state index in [4.69, 9.17) is 0 Å². The van der Waals surface area contributed by atoms with Gasteiger partial charge in [0.25, 0.3) is 0 Å². The molecule has 8 heteroatoms. The molecule has 0 bridgehead atoms. The fourth-order valence-electron chi connectivity index (χ4n) is 1.38. The summed E-state index contributed by atoms with van der Waals surface area (Å²) in [5.74, 6) is -2.35. The first-order valence-electron chi connectivity index (χ1n) is 5.68. The van der Waals surface area contributed by atoms with Crippen LogP contribution in [0.5, 0.6) is 0 Å². The number of carbonyl (C=O) groups is 2. The smallest absolute Gasteiger partial charge is 0.545 e. The Hall–Kier alpha value is -0.760. The fraction of sp³-hybridized carbons (Fsp3) is 0.143. The summed E-state index contributed by atoms with van der Waals surface area (Å²) in [4.78, 5) is 28.0. The molecule has 0 radical (unpaired) electrons. The fourth-order valence-corrected chi connectivity index (χ4v) is 1.38. The summed E-state index contributed by atoms with van der Waals surface area (Å²) in [6.45, 7) is 3.33. The Balaban J connectivity index is 0. The molecule has 0 aliphatic rings. The third kappa shape index (κ3) is 7.49. The summed E-state index contributed by atoms with van der Waals surface area (Å²) in [5, 5.41) is 20.5. The van der Waals surface area contributed by atoms with Crippen molar-refractivity contribution in [3.8, 4) is 0 Å². The van der Waals surface area contributed by atoms with E-state index in [-0.39, 0.29) is 70.2 Å². The first-order valence-corrected chi connectivity index (χ1v) is 5.68. The number of aromatic carboxylic acids is 2. The van der Waals surface area contributed by atoms with E-state index < -0.39 is 11.9 Å². The van der Waals surface area contributed by atoms with E-state index in [1.165, 1.54) is 12.3 Å². The molecule has 0 aromatic carbocycles. The van der Waals surface area contributed by atoms with Crippen molar-refractivity contribution in [2.24, 2.45) is 0 Å². The van der Waals surface area contributed by atoms with Gasteiger partial charge in [0.05, 0.1) is 11.9 Å². The van der Waals surface area contributed by atoms with Gasteiger partial charge >= 0.3 is 59.1 Å². The Morgan fingerprint density at radius 1 is 0.955 bits per heavy atom. The van der Waals surface area contributed by atoms with E-state index >= 15 is 0 Å². The second-order valence-corrected chi connectivity index (χ2v) is 3.90. The molecular formula is C14H12N2Na2O4. The molecule has 0 saturated carbocycles. The molecule has 0 amide bonds. The van der Waals surface area contributed by atoms with Gasteiger partial charge in [-0.15, -0.1) is 0 Å². The Labute approximate surface area is 172 Å². The number of carboxylic acid groups (broad SMARTS) is 2. The molecule has 0 atom stereocenters. The van der Waals surface area contributed by atoms with Crippen LogP contribution < -0.4 is 69.3 Å². The number of aromatic nitrogens is 2. The van der Waals surface area contributed by atoms with Gasteiger partial charge in [0.15, 0.2) is 0 Å². The Morgan fingerprint density at radius 3 is 1.91 bits per heavy atom. The van der Waals surface area contributed by atoms with Crippen LogP contribution in [0.1, 0.15) is 32.0 Å². The SMILES string of the molecule is Cc1ccncc1C(=O)[O-].Cc1ncccc1C(=O)[O-].[Na+].[Na+]. The molecular weight excluding hydrogens is 306 g/mol. The predicted molar refractivity (Wildman–Crippen MR) is 66.6 cm³/mol. The van der Waals surface area contributed by atoms with Crippen LogP contribution in [0, 0.1) is 13.8 Å². The quantitative estimate of drug-likeness (QED) is 0.510. The molecule has 2 aromatic heterocycles. The van der Waals surface area contributed by atoms with E-state index in [0.29, 0.717) is 11.3 Å². The van der Waals surface area contributed by atoms with Crippen LogP contribution in [-0.4, -0.2) is 21.9 Å². The number of rotatable bonds is 2. The van der Waals surface area contributed by atoms with E-state index in [1.807, 2.05) is 0 Å². The van der Waals surface area contributed by atoms with Gasteiger partial charge in [-0.05, 0) is 37.6 Å². The van der Waals surface area contributed by atoms with Gasteiger partial charge in [-0.1, -0.05) is 0 Å². The van der Waals surface area contributed by atoms with Gasteiger partial charge < -0.3 is 19.8 Å². The van der Waals surface area contributed by atoms with E-state index in [1.54, 1.807) is 38.4 Å². The largest absolute Gasteiger partial charge is 1.00 e. The van der Waals surface area contributed by atoms with Crippen LogP contribution in [0.2, 0.25) is 0 Å². The Kier molecular flexibility index (Phi) is 12.6. The van der Waals surface area contributed by atoms with E-state index in [9.17, 15) is 19.8 Å². The maximum Gasteiger partial charge on any atom is 1.00 e. The summed E-state index contributed by atoms with van der Waals surface area (Å²) in [6, 6.07) is 4.67. The normalized spacial score (nSPS) is 8.45. The van der Waals surface area contributed by atoms with Crippen molar-refractivity contribution in [3.05, 3.63) is 59.2 Å². The van der Waals surface area contributed by atoms with Gasteiger partial charge in [0.1, 0.15) is 0 Å². The van der Waals surface area contributed by atoms with Crippen LogP contribution in [0.15, 0.2) is 36.8 Å².